The van der Waals surface area contributed by atoms with Crippen molar-refractivity contribution in [2.24, 2.45) is 0 Å². The van der Waals surface area contributed by atoms with Gasteiger partial charge < -0.3 is 35.2 Å². The number of hydrogen-bond acceptors (Lipinski definition) is 8. The number of ether oxygens (including phenoxy) is 2. The van der Waals surface area contributed by atoms with Crippen LogP contribution in [-0.4, -0.2) is 71.2 Å². The summed E-state index contributed by atoms with van der Waals surface area (Å²) in [7, 11) is 1.55. The van der Waals surface area contributed by atoms with Crippen molar-refractivity contribution in [1.82, 2.24) is 10.6 Å². The lowest BCUT2D eigenvalue weighted by atomic mass is 9.92. The monoisotopic (exact) mass is 626 g/mol. The van der Waals surface area contributed by atoms with Gasteiger partial charge in [0.15, 0.2) is 8.02 Å². The lowest BCUT2D eigenvalue weighted by molar-refractivity contribution is -0.141. The summed E-state index contributed by atoms with van der Waals surface area (Å²) >= 11 is 1.31. The van der Waals surface area contributed by atoms with Crippen LogP contribution in [0.15, 0.2) is 72.8 Å². The number of carboxylic acid groups (broad SMARTS) is 1. The standard InChI is InChI=1S/C31H32FN3O8S/c1-18(31(40)41)34-26(37)15-33-27(38)16-43-24-13-5-20(6-14-24)28-29(30(39)35(28)22-9-7-21(32)8-10-22)44-17-25(36)19-3-11-23(42-2)12-4-19/h3-14,18,25,28-29,36H,15-17H2,1-2H3,(H,33,38)(H,34,37)(H,40,41)/t18-,25?,28+,29+/m0/s1/i/hD. The lowest BCUT2D eigenvalue weighted by Crippen LogP contribution is -2.57. The second-order valence-corrected chi connectivity index (χ2v) is 11.0. The smallest absolute Gasteiger partial charge is 0.325 e. The van der Waals surface area contributed by atoms with Crippen LogP contribution in [0.4, 0.5) is 10.1 Å². The van der Waals surface area contributed by atoms with Gasteiger partial charge in [0.2, 0.25) is 11.8 Å². The number of aliphatic hydroxyl groups excluding tert-OH is 1. The summed E-state index contributed by atoms with van der Waals surface area (Å²) in [4.78, 5) is 49.9. The molecule has 4 rings (SSSR count). The minimum absolute atomic E-state index is 0.193. The van der Waals surface area contributed by atoms with Gasteiger partial charge >= 0.3 is 5.97 Å². The molecule has 11 nitrogen and oxygen atoms in total. The van der Waals surface area contributed by atoms with E-state index >= 15 is 0 Å². The molecular formula is C31H32FN3O8S. The molecular weight excluding hydrogens is 593 g/mol. The van der Waals surface area contributed by atoms with E-state index in [1.165, 1.54) is 43.0 Å². The lowest BCUT2D eigenvalue weighted by Gasteiger charge is -2.47. The minimum Gasteiger partial charge on any atom is -0.497 e. The van der Waals surface area contributed by atoms with Crippen LogP contribution in [0.2, 0.25) is 1.41 Å². The Kier molecular flexibility index (Phi) is 10.3. The van der Waals surface area contributed by atoms with Crippen LogP contribution < -0.4 is 25.0 Å². The molecule has 0 radical (unpaired) electrons. The van der Waals surface area contributed by atoms with Gasteiger partial charge in [-0.25, -0.2) is 4.39 Å². The Labute approximate surface area is 258 Å². The maximum absolute atomic E-state index is 13.6. The van der Waals surface area contributed by atoms with Crippen LogP contribution in [0, 0.1) is 5.82 Å². The molecule has 3 aromatic rings. The Balaban J connectivity index is 1.41. The van der Waals surface area contributed by atoms with E-state index in [1.54, 1.807) is 60.5 Å². The number of benzene rings is 3. The molecule has 4 N–H and O–H groups in total. The molecule has 1 saturated heterocycles. The number of carbonyl (C=O) groups is 4. The normalized spacial score (nSPS) is 17.5. The van der Waals surface area contributed by atoms with E-state index in [2.05, 4.69) is 5.32 Å². The zero-order chi connectivity index (χ0) is 32.7. The van der Waals surface area contributed by atoms with Gasteiger partial charge in [0, 0.05) is 11.4 Å². The van der Waals surface area contributed by atoms with E-state index in [1.807, 2.05) is 0 Å². The van der Waals surface area contributed by atoms with Gasteiger partial charge in [-0.2, -0.15) is 0 Å². The molecule has 1 unspecified atom stereocenters. The van der Waals surface area contributed by atoms with Crippen molar-refractivity contribution in [3.63, 3.8) is 0 Å². The third-order valence-electron chi connectivity index (χ3n) is 6.82. The molecule has 232 valence electrons. The number of carboxylic acids is 1. The molecule has 44 heavy (non-hydrogen) atoms. The molecule has 0 saturated carbocycles. The number of thioether (sulfide) groups is 1. The Morgan fingerprint density at radius 1 is 1.02 bits per heavy atom. The van der Waals surface area contributed by atoms with E-state index in [0.717, 1.165) is 5.56 Å². The van der Waals surface area contributed by atoms with Gasteiger partial charge in [-0.05, 0) is 66.6 Å². The molecule has 0 aromatic heterocycles. The van der Waals surface area contributed by atoms with Crippen LogP contribution in [0.25, 0.3) is 0 Å². The first kappa shape index (κ1) is 30.8. The Morgan fingerprint density at radius 2 is 1.66 bits per heavy atom. The fraction of sp³-hybridized carbons (Fsp3) is 0.290. The number of methoxy groups -OCH3 is 1. The van der Waals surface area contributed by atoms with Gasteiger partial charge in [-0.15, -0.1) is 11.8 Å². The third-order valence-corrected chi connectivity index (χ3v) is 8.14. The maximum Gasteiger partial charge on any atom is 0.325 e. The average molecular weight is 627 g/mol. The molecule has 1 heterocycles. The van der Waals surface area contributed by atoms with Gasteiger partial charge in [0.1, 0.15) is 28.6 Å². The largest absolute Gasteiger partial charge is 0.497 e. The fourth-order valence-corrected chi connectivity index (χ4v) is 5.72. The van der Waals surface area contributed by atoms with Crippen molar-refractivity contribution in [2.75, 3.05) is 30.9 Å². The van der Waals surface area contributed by atoms with Gasteiger partial charge in [0.05, 0.1) is 25.8 Å². The number of aliphatic carboxylic acids is 1. The van der Waals surface area contributed by atoms with Crippen molar-refractivity contribution in [1.29, 1.82) is 0 Å². The highest BCUT2D eigenvalue weighted by atomic mass is 32.2. The first-order valence-corrected chi connectivity index (χ1v) is 14.6. The Morgan fingerprint density at radius 3 is 2.27 bits per heavy atom. The predicted molar refractivity (Wildman–Crippen MR) is 161 cm³/mol. The van der Waals surface area contributed by atoms with E-state index in [4.69, 9.17) is 16.0 Å². The third kappa shape index (κ3) is 8.05. The number of rotatable bonds is 14. The summed E-state index contributed by atoms with van der Waals surface area (Å²) in [6.07, 6.45) is -0.828. The van der Waals surface area contributed by atoms with Gasteiger partial charge in [0.25, 0.3) is 5.91 Å². The first-order valence-electron chi connectivity index (χ1n) is 14.0. The molecule has 3 amide bonds. The maximum atomic E-state index is 13.6. The average Bonchev–Trinajstić information content (AvgIpc) is 3.03. The summed E-state index contributed by atoms with van der Waals surface area (Å²) in [5, 5.41) is 21.6. The van der Waals surface area contributed by atoms with Gasteiger partial charge in [-0.1, -0.05) is 24.3 Å². The van der Waals surface area contributed by atoms with E-state index < -0.39 is 60.2 Å². The summed E-state index contributed by atoms with van der Waals surface area (Å²) < 4.78 is 32.0. The summed E-state index contributed by atoms with van der Waals surface area (Å²) in [5.74, 6) is -2.30. The highest BCUT2D eigenvalue weighted by Crippen LogP contribution is 2.46. The number of anilines is 1. The number of hydrogen-bond donors (Lipinski definition) is 4. The molecule has 1 fully saturated rings. The second-order valence-electron chi connectivity index (χ2n) is 9.87. The number of halogens is 1. The van der Waals surface area contributed by atoms with Crippen molar-refractivity contribution in [3.8, 4) is 11.5 Å². The Hall–Kier alpha value is -4.62. The molecule has 0 bridgehead atoms. The van der Waals surface area contributed by atoms with Crippen LogP contribution >= 0.6 is 11.8 Å². The highest BCUT2D eigenvalue weighted by Gasteiger charge is 2.49. The Bertz CT molecular complexity index is 1510. The molecule has 0 aliphatic carbocycles. The van der Waals surface area contributed by atoms with Crippen molar-refractivity contribution in [3.05, 3.63) is 89.7 Å². The highest BCUT2D eigenvalue weighted by molar-refractivity contribution is 8.00. The number of β-lactam (4-membered cyclic amide) rings is 1. The second kappa shape index (κ2) is 14.7. The number of nitrogens with zero attached hydrogens (tertiary/aromatic N) is 1. The van der Waals surface area contributed by atoms with Crippen LogP contribution in [0.1, 0.15) is 30.2 Å². The SMILES string of the molecule is [2H]N(CC(=O)N[C@@H](C)C(=O)O)C(=O)COc1ccc([C@@H]2[C@@H](SCC(O)c3ccc(OC)cc3)C(=O)N2c2ccc(F)cc2)cc1. The van der Waals surface area contributed by atoms with Crippen molar-refractivity contribution < 1.29 is 44.7 Å². The van der Waals surface area contributed by atoms with Gasteiger partial charge in [-0.3, -0.25) is 19.2 Å². The van der Waals surface area contributed by atoms with Crippen LogP contribution in [-0.2, 0) is 19.2 Å². The predicted octanol–water partition coefficient (Wildman–Crippen LogP) is 2.84. The number of nitrogens with one attached hydrogen (secondary N) is 2. The first-order chi connectivity index (χ1) is 21.5. The van der Waals surface area contributed by atoms with Crippen molar-refractivity contribution >= 4 is 41.1 Å². The summed E-state index contributed by atoms with van der Waals surface area (Å²) in [5.41, 5.74) is 1.93. The zero-order valence-electron chi connectivity index (χ0n) is 24.9. The van der Waals surface area contributed by atoms with E-state index in [0.29, 0.717) is 28.1 Å². The quantitative estimate of drug-likeness (QED) is 0.198. The molecule has 1 aliphatic rings. The number of amides is 3. The van der Waals surface area contributed by atoms with Crippen LogP contribution in [0.3, 0.4) is 0 Å². The topological polar surface area (TPSA) is 154 Å². The summed E-state index contributed by atoms with van der Waals surface area (Å²) in [6.45, 7) is 0.0458. The van der Waals surface area contributed by atoms with Crippen LogP contribution in [0.5, 0.6) is 11.5 Å². The molecule has 4 atom stereocenters. The molecule has 1 aliphatic heterocycles. The number of carbonyl (C=O) groups excluding carboxylic acids is 3. The van der Waals surface area contributed by atoms with E-state index in [9.17, 15) is 28.7 Å². The molecule has 13 heteroatoms. The molecule has 0 spiro atoms. The number of aliphatic hydroxyl groups is 1. The zero-order valence-corrected chi connectivity index (χ0v) is 24.7. The van der Waals surface area contributed by atoms with E-state index in [-0.39, 0.29) is 11.7 Å². The van der Waals surface area contributed by atoms with Crippen molar-refractivity contribution in [2.45, 2.75) is 30.4 Å². The fourth-order valence-electron chi connectivity index (χ4n) is 4.42. The summed E-state index contributed by atoms with van der Waals surface area (Å²) in [6, 6.07) is 17.6. The molecule has 3 aromatic carbocycles. The minimum atomic E-state index is -1.25.